The summed E-state index contributed by atoms with van der Waals surface area (Å²) in [5, 5.41) is 16.5. The van der Waals surface area contributed by atoms with E-state index in [2.05, 4.69) is 15.1 Å². The third kappa shape index (κ3) is 4.55. The Morgan fingerprint density at radius 2 is 2.19 bits per heavy atom. The number of aliphatic hydroxyl groups is 1. The lowest BCUT2D eigenvalue weighted by Crippen LogP contribution is -2.29. The standard InChI is InChI=1S/C17H21N5O3S/c1-2-12(23)11-22-15(5-7-21-8-6-16(24)19-17(21)25)18-14(20-22)10-13-4-3-9-26-13/h3-4,6,8-9,12,23H,2,5,7,10-11H2,1H3,(H,19,24,25). The van der Waals surface area contributed by atoms with Gasteiger partial charge in [0.1, 0.15) is 5.82 Å². The SMILES string of the molecule is CCC(O)Cn1nc(Cc2cccs2)nc1CCn1ccc(=O)[nH]c1=O. The minimum atomic E-state index is -0.499. The van der Waals surface area contributed by atoms with Crippen molar-refractivity contribution >= 4 is 11.3 Å². The minimum Gasteiger partial charge on any atom is -0.391 e. The first-order valence-electron chi connectivity index (χ1n) is 8.48. The number of aliphatic hydroxyl groups excluding tert-OH is 1. The summed E-state index contributed by atoms with van der Waals surface area (Å²) in [5.41, 5.74) is -0.866. The second kappa shape index (κ2) is 8.24. The second-order valence-corrected chi connectivity index (χ2v) is 7.03. The van der Waals surface area contributed by atoms with Crippen LogP contribution >= 0.6 is 11.3 Å². The van der Waals surface area contributed by atoms with Crippen LogP contribution in [0.4, 0.5) is 0 Å². The van der Waals surface area contributed by atoms with E-state index in [1.54, 1.807) is 16.0 Å². The average Bonchev–Trinajstić information content (AvgIpc) is 3.24. The van der Waals surface area contributed by atoms with Gasteiger partial charge in [0.15, 0.2) is 5.82 Å². The highest BCUT2D eigenvalue weighted by molar-refractivity contribution is 7.09. The Labute approximate surface area is 153 Å². The number of aromatic amines is 1. The van der Waals surface area contributed by atoms with Gasteiger partial charge in [-0.25, -0.2) is 14.5 Å². The highest BCUT2D eigenvalue weighted by Crippen LogP contribution is 2.14. The van der Waals surface area contributed by atoms with Gasteiger partial charge in [0.25, 0.3) is 5.56 Å². The van der Waals surface area contributed by atoms with Gasteiger partial charge in [-0.3, -0.25) is 9.78 Å². The van der Waals surface area contributed by atoms with Gasteiger partial charge in [-0.2, -0.15) is 5.10 Å². The maximum atomic E-state index is 11.8. The molecule has 1 unspecified atom stereocenters. The predicted octanol–water partition coefficient (Wildman–Crippen LogP) is 0.794. The van der Waals surface area contributed by atoms with Crippen LogP contribution in [0, 0.1) is 0 Å². The van der Waals surface area contributed by atoms with Crippen molar-refractivity contribution in [2.45, 2.75) is 45.4 Å². The number of H-pyrrole nitrogens is 1. The van der Waals surface area contributed by atoms with Crippen LogP contribution in [0.5, 0.6) is 0 Å². The molecule has 0 spiro atoms. The number of hydrogen-bond donors (Lipinski definition) is 2. The number of nitrogens with zero attached hydrogens (tertiary/aromatic N) is 4. The summed E-state index contributed by atoms with van der Waals surface area (Å²) in [6, 6.07) is 5.34. The van der Waals surface area contributed by atoms with Gasteiger partial charge < -0.3 is 9.67 Å². The third-order valence-corrected chi connectivity index (χ3v) is 4.91. The monoisotopic (exact) mass is 375 g/mol. The first-order chi connectivity index (χ1) is 12.5. The maximum Gasteiger partial charge on any atom is 0.328 e. The number of thiophene rings is 1. The highest BCUT2D eigenvalue weighted by Gasteiger charge is 2.14. The van der Waals surface area contributed by atoms with E-state index < -0.39 is 17.4 Å². The van der Waals surface area contributed by atoms with E-state index in [0.29, 0.717) is 44.0 Å². The van der Waals surface area contributed by atoms with Crippen LogP contribution in [0.25, 0.3) is 0 Å². The summed E-state index contributed by atoms with van der Waals surface area (Å²) in [4.78, 5) is 31.0. The molecule has 3 rings (SSSR count). The molecular weight excluding hydrogens is 354 g/mol. The van der Waals surface area contributed by atoms with Crippen molar-refractivity contribution in [1.29, 1.82) is 0 Å². The topological polar surface area (TPSA) is 106 Å². The van der Waals surface area contributed by atoms with Gasteiger partial charge in [0.2, 0.25) is 0 Å². The normalized spacial score (nSPS) is 12.4. The molecule has 26 heavy (non-hydrogen) atoms. The smallest absolute Gasteiger partial charge is 0.328 e. The first-order valence-corrected chi connectivity index (χ1v) is 9.36. The summed E-state index contributed by atoms with van der Waals surface area (Å²) in [5.74, 6) is 1.40. The minimum absolute atomic E-state index is 0.365. The molecule has 8 nitrogen and oxygen atoms in total. The van der Waals surface area contributed by atoms with Crippen LogP contribution < -0.4 is 11.2 Å². The van der Waals surface area contributed by atoms with E-state index in [0.717, 1.165) is 0 Å². The van der Waals surface area contributed by atoms with Gasteiger partial charge in [-0.1, -0.05) is 13.0 Å². The van der Waals surface area contributed by atoms with Crippen molar-refractivity contribution < 1.29 is 5.11 Å². The Bertz CT molecular complexity index is 957. The Kier molecular flexibility index (Phi) is 5.79. The van der Waals surface area contributed by atoms with E-state index in [9.17, 15) is 14.7 Å². The molecule has 0 fully saturated rings. The molecule has 0 aliphatic heterocycles. The molecule has 0 aliphatic carbocycles. The van der Waals surface area contributed by atoms with E-state index >= 15 is 0 Å². The first kappa shape index (κ1) is 18.3. The highest BCUT2D eigenvalue weighted by atomic mass is 32.1. The molecule has 0 aromatic carbocycles. The molecule has 9 heteroatoms. The molecule has 1 atom stereocenters. The molecular formula is C17H21N5O3S. The summed E-state index contributed by atoms with van der Waals surface area (Å²) in [6.45, 7) is 2.65. The fourth-order valence-corrected chi connectivity index (χ4v) is 3.27. The molecule has 3 aromatic rings. The van der Waals surface area contributed by atoms with Gasteiger partial charge in [-0.15, -0.1) is 11.3 Å². The summed E-state index contributed by atoms with van der Waals surface area (Å²) in [6.07, 6.45) is 2.70. The Morgan fingerprint density at radius 1 is 1.35 bits per heavy atom. The average molecular weight is 375 g/mol. The zero-order valence-corrected chi connectivity index (χ0v) is 15.3. The van der Waals surface area contributed by atoms with E-state index in [-0.39, 0.29) is 0 Å². The summed E-state index contributed by atoms with van der Waals surface area (Å²) < 4.78 is 3.14. The van der Waals surface area contributed by atoms with Crippen molar-refractivity contribution in [3.63, 3.8) is 0 Å². The molecule has 138 valence electrons. The third-order valence-electron chi connectivity index (χ3n) is 4.03. The van der Waals surface area contributed by atoms with E-state index in [1.165, 1.54) is 21.7 Å². The summed E-state index contributed by atoms with van der Waals surface area (Å²) in [7, 11) is 0. The number of nitrogens with one attached hydrogen (secondary N) is 1. The van der Waals surface area contributed by atoms with Gasteiger partial charge in [0.05, 0.1) is 12.6 Å². The van der Waals surface area contributed by atoms with Crippen LogP contribution in [-0.4, -0.2) is 35.5 Å². The van der Waals surface area contributed by atoms with Gasteiger partial charge >= 0.3 is 5.69 Å². The molecule has 0 radical (unpaired) electrons. The number of hydrogen-bond acceptors (Lipinski definition) is 6. The largest absolute Gasteiger partial charge is 0.391 e. The molecule has 0 saturated heterocycles. The van der Waals surface area contributed by atoms with Crippen molar-refractivity contribution in [3.8, 4) is 0 Å². The molecule has 0 saturated carbocycles. The molecule has 0 aliphatic rings. The van der Waals surface area contributed by atoms with Crippen LogP contribution in [0.1, 0.15) is 29.9 Å². The molecule has 3 aromatic heterocycles. The Morgan fingerprint density at radius 3 is 2.88 bits per heavy atom. The lowest BCUT2D eigenvalue weighted by Gasteiger charge is -2.10. The van der Waals surface area contributed by atoms with Crippen LogP contribution in [-0.2, 0) is 25.9 Å². The summed E-state index contributed by atoms with van der Waals surface area (Å²) >= 11 is 1.65. The quantitative estimate of drug-likeness (QED) is 0.606. The zero-order chi connectivity index (χ0) is 18.5. The zero-order valence-electron chi connectivity index (χ0n) is 14.5. The second-order valence-electron chi connectivity index (χ2n) is 6.00. The van der Waals surface area contributed by atoms with Gasteiger partial charge in [-0.05, 0) is 17.9 Å². The fourth-order valence-electron chi connectivity index (χ4n) is 2.57. The van der Waals surface area contributed by atoms with E-state index in [4.69, 9.17) is 0 Å². The maximum absolute atomic E-state index is 11.8. The number of aromatic nitrogens is 5. The Hall–Kier alpha value is -2.52. The lowest BCUT2D eigenvalue weighted by atomic mass is 10.3. The lowest BCUT2D eigenvalue weighted by molar-refractivity contribution is 0.143. The molecule has 2 N–H and O–H groups in total. The van der Waals surface area contributed by atoms with E-state index in [1.807, 2.05) is 24.4 Å². The molecule has 0 bridgehead atoms. The van der Waals surface area contributed by atoms with Crippen LogP contribution in [0.3, 0.4) is 0 Å². The number of aryl methyl sites for hydroxylation is 2. The van der Waals surface area contributed by atoms with Crippen molar-refractivity contribution in [2.24, 2.45) is 0 Å². The predicted molar refractivity (Wildman–Crippen MR) is 98.5 cm³/mol. The van der Waals surface area contributed by atoms with Crippen molar-refractivity contribution in [2.75, 3.05) is 0 Å². The number of rotatable bonds is 8. The van der Waals surface area contributed by atoms with Crippen LogP contribution in [0.2, 0.25) is 0 Å². The molecule has 0 amide bonds. The van der Waals surface area contributed by atoms with Crippen LogP contribution in [0.15, 0.2) is 39.4 Å². The fraction of sp³-hybridized carbons (Fsp3) is 0.412. The van der Waals surface area contributed by atoms with Gasteiger partial charge in [0, 0.05) is 36.5 Å². The van der Waals surface area contributed by atoms with Crippen molar-refractivity contribution in [3.05, 3.63) is 67.1 Å². The molecule has 3 heterocycles. The Balaban J connectivity index is 1.79. The van der Waals surface area contributed by atoms with Crippen molar-refractivity contribution in [1.82, 2.24) is 24.3 Å².